The number of hydrogen-bond donors (Lipinski definition) is 1. The van der Waals surface area contributed by atoms with Gasteiger partial charge in [0.2, 0.25) is 5.91 Å². The molecule has 0 unspecified atom stereocenters. The summed E-state index contributed by atoms with van der Waals surface area (Å²) in [5.74, 6) is -0.282. The molecule has 0 bridgehead atoms. The number of carbonyl (C=O) groups excluding carboxylic acids is 1. The molecule has 1 amide bonds. The highest BCUT2D eigenvalue weighted by Crippen LogP contribution is 2.20. The molecule has 1 aromatic carbocycles. The molecule has 0 fully saturated rings. The van der Waals surface area contributed by atoms with Crippen molar-refractivity contribution in [1.82, 2.24) is 25.2 Å². The van der Waals surface area contributed by atoms with Crippen molar-refractivity contribution in [3.8, 4) is 11.5 Å². The number of amides is 1. The first kappa shape index (κ1) is 17.8. The lowest BCUT2D eigenvalue weighted by Crippen LogP contribution is -2.20. The van der Waals surface area contributed by atoms with E-state index in [2.05, 4.69) is 20.6 Å². The fourth-order valence-electron chi connectivity index (χ4n) is 2.28. The smallest absolute Gasteiger partial charge is 0.258 e. The molecule has 0 saturated heterocycles. The Morgan fingerprint density at radius 1 is 1.46 bits per heavy atom. The molecule has 2 heterocycles. The maximum absolute atomic E-state index is 13.2. The van der Waals surface area contributed by atoms with E-state index >= 15 is 0 Å². The molecule has 0 saturated carbocycles. The minimum Gasteiger partial charge on any atom is -0.345 e. The van der Waals surface area contributed by atoms with Crippen molar-refractivity contribution in [1.29, 1.82) is 0 Å². The van der Waals surface area contributed by atoms with Crippen LogP contribution in [0.5, 0.6) is 0 Å². The maximum atomic E-state index is 13.2. The predicted molar refractivity (Wildman–Crippen MR) is 93.5 cm³/mol. The Balaban J connectivity index is 1.61. The fourth-order valence-corrected chi connectivity index (χ4v) is 2.52. The molecule has 3 rings (SSSR count). The third kappa shape index (κ3) is 3.97. The number of nitrogens with zero attached hydrogens (tertiary/aromatic N) is 4. The number of carbonyl (C=O) groups is 1. The summed E-state index contributed by atoms with van der Waals surface area (Å²) in [6, 6.07) is 5.82. The summed E-state index contributed by atoms with van der Waals surface area (Å²) in [6.45, 7) is 1.87. The molecule has 2 aromatic heterocycles. The number of benzene rings is 1. The minimum atomic E-state index is -0.398. The van der Waals surface area contributed by atoms with Gasteiger partial charge in [-0.05, 0) is 31.2 Å². The monoisotopic (exact) mass is 375 g/mol. The molecule has 0 aliphatic rings. The summed E-state index contributed by atoms with van der Waals surface area (Å²) >= 11 is 6.10. The lowest BCUT2D eigenvalue weighted by molar-refractivity contribution is -0.116. The first-order chi connectivity index (χ1) is 12.4. The Hall–Kier alpha value is -3.00. The normalized spacial score (nSPS) is 11.2. The van der Waals surface area contributed by atoms with Crippen molar-refractivity contribution < 1.29 is 13.7 Å². The summed E-state index contributed by atoms with van der Waals surface area (Å²) in [5.41, 5.74) is 1.87. The number of rotatable bonds is 5. The van der Waals surface area contributed by atoms with Crippen molar-refractivity contribution in [2.75, 3.05) is 0 Å². The Kier molecular flexibility index (Phi) is 5.13. The molecule has 0 atom stereocenters. The molecule has 1 N–H and O–H groups in total. The Morgan fingerprint density at radius 2 is 2.27 bits per heavy atom. The van der Waals surface area contributed by atoms with Gasteiger partial charge < -0.3 is 9.84 Å². The number of hydrogen-bond acceptors (Lipinski definition) is 5. The summed E-state index contributed by atoms with van der Waals surface area (Å²) in [5, 5.41) is 11.0. The molecule has 26 heavy (non-hydrogen) atoms. The van der Waals surface area contributed by atoms with Gasteiger partial charge in [0, 0.05) is 24.3 Å². The minimum absolute atomic E-state index is 0.0712. The third-order valence-electron chi connectivity index (χ3n) is 3.56. The first-order valence-electron chi connectivity index (χ1n) is 7.67. The quantitative estimate of drug-likeness (QED) is 0.693. The van der Waals surface area contributed by atoms with E-state index < -0.39 is 5.82 Å². The molecule has 0 spiro atoms. The zero-order valence-corrected chi connectivity index (χ0v) is 14.8. The van der Waals surface area contributed by atoms with Crippen molar-refractivity contribution in [3.63, 3.8) is 0 Å². The second-order valence-electron chi connectivity index (χ2n) is 5.49. The molecule has 0 aliphatic heterocycles. The van der Waals surface area contributed by atoms with E-state index in [1.807, 2.05) is 0 Å². The fraction of sp³-hybridized carbons (Fsp3) is 0.176. The zero-order valence-electron chi connectivity index (χ0n) is 14.0. The topological polar surface area (TPSA) is 85.8 Å². The van der Waals surface area contributed by atoms with Gasteiger partial charge in [-0.25, -0.2) is 4.39 Å². The predicted octanol–water partition coefficient (Wildman–Crippen LogP) is 2.90. The second-order valence-corrected chi connectivity index (χ2v) is 5.85. The van der Waals surface area contributed by atoms with E-state index in [0.717, 1.165) is 5.69 Å². The van der Waals surface area contributed by atoms with Crippen LogP contribution < -0.4 is 5.32 Å². The van der Waals surface area contributed by atoms with E-state index in [0.29, 0.717) is 16.3 Å². The average molecular weight is 376 g/mol. The van der Waals surface area contributed by atoms with Crippen LogP contribution in [0.4, 0.5) is 4.39 Å². The molecule has 0 aliphatic carbocycles. The molecular formula is C17H15ClFN5O2. The Morgan fingerprint density at radius 3 is 2.96 bits per heavy atom. The molecule has 7 nitrogen and oxygen atoms in total. The van der Waals surface area contributed by atoms with Crippen molar-refractivity contribution in [2.24, 2.45) is 7.05 Å². The molecule has 134 valence electrons. The van der Waals surface area contributed by atoms with E-state index in [1.165, 1.54) is 22.9 Å². The third-order valence-corrected chi connectivity index (χ3v) is 4.01. The van der Waals surface area contributed by atoms with Crippen LogP contribution in [0.2, 0.25) is 5.15 Å². The lowest BCUT2D eigenvalue weighted by atomic mass is 10.2. The highest BCUT2D eigenvalue weighted by atomic mass is 35.5. The highest BCUT2D eigenvalue weighted by Gasteiger charge is 2.11. The average Bonchev–Trinajstić information content (AvgIpc) is 3.17. The van der Waals surface area contributed by atoms with Gasteiger partial charge in [0.25, 0.3) is 5.89 Å². The SMILES string of the molecule is Cc1nn(C)c(Cl)c1C=CC(=O)NCc1noc(-c2cccc(F)c2)n1. The van der Waals surface area contributed by atoms with Gasteiger partial charge in [-0.2, -0.15) is 10.1 Å². The van der Waals surface area contributed by atoms with Crippen LogP contribution in [0.1, 0.15) is 17.1 Å². The Bertz CT molecular complexity index is 979. The number of halogens is 2. The number of nitrogens with one attached hydrogen (secondary N) is 1. The van der Waals surface area contributed by atoms with Gasteiger partial charge in [-0.15, -0.1) is 0 Å². The largest absolute Gasteiger partial charge is 0.345 e. The van der Waals surface area contributed by atoms with E-state index in [1.54, 1.807) is 32.2 Å². The standard InChI is InChI=1S/C17H15ClFN5O2/c1-10-13(16(18)24(2)22-10)6-7-15(25)20-9-14-21-17(26-23-14)11-4-3-5-12(19)8-11/h3-8H,9H2,1-2H3,(H,20,25). The van der Waals surface area contributed by atoms with E-state index in [9.17, 15) is 9.18 Å². The molecule has 0 radical (unpaired) electrons. The molecular weight excluding hydrogens is 361 g/mol. The maximum Gasteiger partial charge on any atom is 0.258 e. The number of aromatic nitrogens is 4. The van der Waals surface area contributed by atoms with Crippen molar-refractivity contribution in [2.45, 2.75) is 13.5 Å². The zero-order chi connectivity index (χ0) is 18.7. The van der Waals surface area contributed by atoms with Crippen LogP contribution in [0, 0.1) is 12.7 Å². The van der Waals surface area contributed by atoms with Crippen LogP contribution in [0.15, 0.2) is 34.9 Å². The van der Waals surface area contributed by atoms with Gasteiger partial charge >= 0.3 is 0 Å². The summed E-state index contributed by atoms with van der Waals surface area (Å²) in [4.78, 5) is 16.1. The van der Waals surface area contributed by atoms with Gasteiger partial charge in [0.1, 0.15) is 11.0 Å². The summed E-state index contributed by atoms with van der Waals surface area (Å²) in [6.07, 6.45) is 2.94. The Labute approximate surface area is 153 Å². The van der Waals surface area contributed by atoms with Gasteiger partial charge in [0.05, 0.1) is 12.2 Å². The van der Waals surface area contributed by atoms with Crippen LogP contribution in [0.3, 0.4) is 0 Å². The van der Waals surface area contributed by atoms with E-state index in [-0.39, 0.29) is 24.2 Å². The second kappa shape index (κ2) is 7.49. The van der Waals surface area contributed by atoms with Gasteiger partial charge in [-0.1, -0.05) is 22.8 Å². The summed E-state index contributed by atoms with van der Waals surface area (Å²) in [7, 11) is 1.72. The van der Waals surface area contributed by atoms with Crippen molar-refractivity contribution in [3.05, 3.63) is 58.4 Å². The highest BCUT2D eigenvalue weighted by molar-refractivity contribution is 6.31. The summed E-state index contributed by atoms with van der Waals surface area (Å²) < 4.78 is 19.8. The van der Waals surface area contributed by atoms with Crippen LogP contribution in [-0.4, -0.2) is 25.8 Å². The first-order valence-corrected chi connectivity index (χ1v) is 8.05. The van der Waals surface area contributed by atoms with Crippen molar-refractivity contribution >= 4 is 23.6 Å². The lowest BCUT2D eigenvalue weighted by Gasteiger charge is -1.97. The van der Waals surface area contributed by atoms with Gasteiger partial charge in [-0.3, -0.25) is 9.48 Å². The molecule has 3 aromatic rings. The van der Waals surface area contributed by atoms with Crippen LogP contribution >= 0.6 is 11.6 Å². The van der Waals surface area contributed by atoms with E-state index in [4.69, 9.17) is 16.1 Å². The number of aryl methyl sites for hydroxylation is 2. The molecule has 9 heteroatoms. The van der Waals surface area contributed by atoms with Crippen LogP contribution in [0.25, 0.3) is 17.5 Å². The van der Waals surface area contributed by atoms with Crippen LogP contribution in [-0.2, 0) is 18.4 Å². The van der Waals surface area contributed by atoms with Gasteiger partial charge in [0.15, 0.2) is 5.82 Å².